The predicted octanol–water partition coefficient (Wildman–Crippen LogP) is 1.67. The molecule has 0 unspecified atom stereocenters. The number of hydrogen-bond donors (Lipinski definition) is 2. The fourth-order valence-corrected chi connectivity index (χ4v) is 1.46. The summed E-state index contributed by atoms with van der Waals surface area (Å²) in [5, 5.41) is 0.573. The molecule has 0 amide bonds. The smallest absolute Gasteiger partial charge is 0.260 e. The molecule has 76 valence electrons. The maximum atomic E-state index is 11.5. The van der Waals surface area contributed by atoms with Crippen LogP contribution in [0.5, 0.6) is 0 Å². The fraction of sp³-hybridized carbons (Fsp3) is 0. The molecule has 4 nitrogen and oxygen atoms in total. The van der Waals surface area contributed by atoms with E-state index in [1.54, 1.807) is 24.3 Å². The van der Waals surface area contributed by atoms with Crippen molar-refractivity contribution in [3.63, 3.8) is 0 Å². The summed E-state index contributed by atoms with van der Waals surface area (Å²) in [6, 6.07) is 7.00. The van der Waals surface area contributed by atoms with Crippen LogP contribution in [0.1, 0.15) is 0 Å². The Morgan fingerprint density at radius 2 is 2.20 bits per heavy atom. The van der Waals surface area contributed by atoms with Gasteiger partial charge in [-0.2, -0.15) is 0 Å². The largest absolute Gasteiger partial charge is 0.369 e. The van der Waals surface area contributed by atoms with Crippen molar-refractivity contribution in [2.45, 2.75) is 0 Å². The van der Waals surface area contributed by atoms with E-state index in [0.29, 0.717) is 10.6 Å². The number of aromatic amines is 1. The molecule has 0 atom stereocenters. The van der Waals surface area contributed by atoms with Crippen LogP contribution in [0.25, 0.3) is 11.1 Å². The minimum atomic E-state index is -0.273. The van der Waals surface area contributed by atoms with Gasteiger partial charge in [-0.25, -0.2) is 4.98 Å². The van der Waals surface area contributed by atoms with Crippen molar-refractivity contribution in [1.82, 2.24) is 9.97 Å². The van der Waals surface area contributed by atoms with Crippen LogP contribution in [0, 0.1) is 0 Å². The molecule has 0 aliphatic carbocycles. The Morgan fingerprint density at radius 1 is 1.40 bits per heavy atom. The monoisotopic (exact) mass is 221 g/mol. The molecule has 2 rings (SSSR count). The molecule has 2 aromatic rings. The highest BCUT2D eigenvalue weighted by Crippen LogP contribution is 2.18. The molecule has 0 spiro atoms. The highest BCUT2D eigenvalue weighted by molar-refractivity contribution is 6.30. The SMILES string of the molecule is Nc1ncc(-c2cccc(Cl)c2)c(=O)[nH]1. The molecule has 1 aromatic heterocycles. The number of aromatic nitrogens is 2. The molecule has 0 aliphatic rings. The third kappa shape index (κ3) is 1.99. The van der Waals surface area contributed by atoms with E-state index in [1.165, 1.54) is 6.20 Å². The lowest BCUT2D eigenvalue weighted by Gasteiger charge is -2.00. The zero-order valence-corrected chi connectivity index (χ0v) is 8.45. The topological polar surface area (TPSA) is 71.8 Å². The normalized spacial score (nSPS) is 10.2. The van der Waals surface area contributed by atoms with Crippen LogP contribution >= 0.6 is 11.6 Å². The Kier molecular flexibility index (Phi) is 2.43. The van der Waals surface area contributed by atoms with E-state index < -0.39 is 0 Å². The summed E-state index contributed by atoms with van der Waals surface area (Å²) >= 11 is 5.82. The number of nitrogens with zero attached hydrogens (tertiary/aromatic N) is 1. The minimum absolute atomic E-state index is 0.103. The summed E-state index contributed by atoms with van der Waals surface area (Å²) in [5.74, 6) is 0.103. The number of benzene rings is 1. The minimum Gasteiger partial charge on any atom is -0.369 e. The Hall–Kier alpha value is -1.81. The molecule has 5 heteroatoms. The number of nitrogen functional groups attached to an aromatic ring is 1. The molecule has 1 heterocycles. The number of H-pyrrole nitrogens is 1. The summed E-state index contributed by atoms with van der Waals surface area (Å²) in [7, 11) is 0. The van der Waals surface area contributed by atoms with Gasteiger partial charge < -0.3 is 5.73 Å². The highest BCUT2D eigenvalue weighted by atomic mass is 35.5. The number of nitrogens with one attached hydrogen (secondary N) is 1. The van der Waals surface area contributed by atoms with Gasteiger partial charge in [-0.05, 0) is 17.7 Å². The quantitative estimate of drug-likeness (QED) is 0.770. The van der Waals surface area contributed by atoms with Gasteiger partial charge in [-0.3, -0.25) is 9.78 Å². The summed E-state index contributed by atoms with van der Waals surface area (Å²) < 4.78 is 0. The van der Waals surface area contributed by atoms with Crippen molar-refractivity contribution >= 4 is 17.5 Å². The second-order valence-electron chi connectivity index (χ2n) is 3.02. The van der Waals surface area contributed by atoms with E-state index in [4.69, 9.17) is 17.3 Å². The second kappa shape index (κ2) is 3.74. The molecule has 0 saturated heterocycles. The molecule has 0 radical (unpaired) electrons. The first-order valence-corrected chi connectivity index (χ1v) is 4.65. The van der Waals surface area contributed by atoms with Crippen molar-refractivity contribution in [2.24, 2.45) is 0 Å². The van der Waals surface area contributed by atoms with Gasteiger partial charge in [-0.1, -0.05) is 23.7 Å². The Balaban J connectivity index is 2.59. The van der Waals surface area contributed by atoms with Gasteiger partial charge in [0.2, 0.25) is 0 Å². The van der Waals surface area contributed by atoms with E-state index in [0.717, 1.165) is 5.56 Å². The van der Waals surface area contributed by atoms with E-state index in [2.05, 4.69) is 9.97 Å². The lowest BCUT2D eigenvalue weighted by Crippen LogP contribution is -2.12. The lowest BCUT2D eigenvalue weighted by atomic mass is 10.1. The molecule has 0 bridgehead atoms. The number of nitrogens with two attached hydrogens (primary N) is 1. The molecule has 0 aliphatic heterocycles. The number of anilines is 1. The van der Waals surface area contributed by atoms with Crippen LogP contribution < -0.4 is 11.3 Å². The summed E-state index contributed by atoms with van der Waals surface area (Å²) in [6.45, 7) is 0. The third-order valence-corrected chi connectivity index (χ3v) is 2.19. The average molecular weight is 222 g/mol. The van der Waals surface area contributed by atoms with Gasteiger partial charge >= 0.3 is 0 Å². The average Bonchev–Trinajstić information content (AvgIpc) is 2.17. The zero-order valence-electron chi connectivity index (χ0n) is 7.70. The highest BCUT2D eigenvalue weighted by Gasteiger charge is 2.04. The number of rotatable bonds is 1. The zero-order chi connectivity index (χ0) is 10.8. The van der Waals surface area contributed by atoms with E-state index in [1.807, 2.05) is 0 Å². The summed E-state index contributed by atoms with van der Waals surface area (Å²) in [6.07, 6.45) is 1.43. The first kappa shape index (κ1) is 9.73. The van der Waals surface area contributed by atoms with E-state index >= 15 is 0 Å². The first-order chi connectivity index (χ1) is 7.16. The fourth-order valence-electron chi connectivity index (χ4n) is 1.27. The van der Waals surface area contributed by atoms with Crippen molar-refractivity contribution < 1.29 is 0 Å². The summed E-state index contributed by atoms with van der Waals surface area (Å²) in [5.41, 5.74) is 6.24. The molecule has 0 fully saturated rings. The number of hydrogen-bond acceptors (Lipinski definition) is 3. The van der Waals surface area contributed by atoms with Crippen LogP contribution in [0.2, 0.25) is 5.02 Å². The molecule has 1 aromatic carbocycles. The predicted molar refractivity (Wildman–Crippen MR) is 59.7 cm³/mol. The molecule has 15 heavy (non-hydrogen) atoms. The molecule has 3 N–H and O–H groups in total. The van der Waals surface area contributed by atoms with Crippen molar-refractivity contribution in [1.29, 1.82) is 0 Å². The van der Waals surface area contributed by atoms with Gasteiger partial charge in [-0.15, -0.1) is 0 Å². The summed E-state index contributed by atoms with van der Waals surface area (Å²) in [4.78, 5) is 17.8. The van der Waals surface area contributed by atoms with Crippen LogP contribution in [0.4, 0.5) is 5.95 Å². The first-order valence-electron chi connectivity index (χ1n) is 4.27. The lowest BCUT2D eigenvalue weighted by molar-refractivity contribution is 1.14. The Labute approximate surface area is 90.7 Å². The van der Waals surface area contributed by atoms with Gasteiger partial charge in [0.25, 0.3) is 5.56 Å². The molecular formula is C10H8ClN3O. The maximum Gasteiger partial charge on any atom is 0.260 e. The van der Waals surface area contributed by atoms with E-state index in [-0.39, 0.29) is 11.5 Å². The Morgan fingerprint density at radius 3 is 2.87 bits per heavy atom. The van der Waals surface area contributed by atoms with Crippen molar-refractivity contribution in [2.75, 3.05) is 5.73 Å². The van der Waals surface area contributed by atoms with Crippen LogP contribution in [0.3, 0.4) is 0 Å². The van der Waals surface area contributed by atoms with Gasteiger partial charge in [0, 0.05) is 11.2 Å². The van der Waals surface area contributed by atoms with E-state index in [9.17, 15) is 4.79 Å². The van der Waals surface area contributed by atoms with Gasteiger partial charge in [0.1, 0.15) is 0 Å². The molecule has 0 saturated carbocycles. The van der Waals surface area contributed by atoms with Crippen LogP contribution in [-0.4, -0.2) is 9.97 Å². The molecular weight excluding hydrogens is 214 g/mol. The van der Waals surface area contributed by atoms with Crippen LogP contribution in [-0.2, 0) is 0 Å². The van der Waals surface area contributed by atoms with Gasteiger partial charge in [0.05, 0.1) is 5.56 Å². The van der Waals surface area contributed by atoms with Crippen molar-refractivity contribution in [3.8, 4) is 11.1 Å². The standard InChI is InChI=1S/C10H8ClN3O/c11-7-3-1-2-6(4-7)8-5-13-10(12)14-9(8)15/h1-5H,(H3,12,13,14,15). The third-order valence-electron chi connectivity index (χ3n) is 1.95. The number of halogens is 1. The van der Waals surface area contributed by atoms with Crippen molar-refractivity contribution in [3.05, 3.63) is 45.8 Å². The Bertz CT molecular complexity index is 550. The van der Waals surface area contributed by atoms with Crippen LogP contribution in [0.15, 0.2) is 35.3 Å². The van der Waals surface area contributed by atoms with Gasteiger partial charge in [0.15, 0.2) is 5.95 Å². The second-order valence-corrected chi connectivity index (χ2v) is 3.46. The maximum absolute atomic E-state index is 11.5.